The van der Waals surface area contributed by atoms with Crippen LogP contribution in [0.25, 0.3) is 0 Å². The molecule has 2 atom stereocenters. The van der Waals surface area contributed by atoms with Gasteiger partial charge in [-0.1, -0.05) is 38.1 Å². The number of fused-ring (bicyclic) bond motifs is 2. The molecule has 1 aliphatic carbocycles. The van der Waals surface area contributed by atoms with Crippen molar-refractivity contribution in [3.63, 3.8) is 0 Å². The first-order valence-electron chi connectivity index (χ1n) is 8.19. The predicted octanol–water partition coefficient (Wildman–Crippen LogP) is 3.91. The maximum Gasteiger partial charge on any atom is 0.156 e. The number of carbonyl (C=O) groups excluding carboxylic acids is 1. The number of H-pyrrole nitrogens is 1. The van der Waals surface area contributed by atoms with Crippen molar-refractivity contribution < 1.29 is 9.18 Å². The van der Waals surface area contributed by atoms with Gasteiger partial charge in [0.05, 0.1) is 5.92 Å². The lowest BCUT2D eigenvalue weighted by Crippen LogP contribution is -2.39. The second kappa shape index (κ2) is 5.03. The van der Waals surface area contributed by atoms with Crippen LogP contribution in [-0.4, -0.2) is 16.0 Å². The van der Waals surface area contributed by atoms with E-state index in [0.29, 0.717) is 17.8 Å². The van der Waals surface area contributed by atoms with Gasteiger partial charge in [-0.05, 0) is 24.0 Å². The number of aromatic amines is 1. The highest BCUT2D eigenvalue weighted by Gasteiger charge is 2.45. The summed E-state index contributed by atoms with van der Waals surface area (Å²) in [5.41, 5.74) is 2.92. The van der Waals surface area contributed by atoms with Crippen molar-refractivity contribution in [1.82, 2.24) is 10.2 Å². The average Bonchev–Trinajstić information content (AvgIpc) is 2.86. The summed E-state index contributed by atoms with van der Waals surface area (Å²) in [4.78, 5) is 12.9. The van der Waals surface area contributed by atoms with E-state index in [4.69, 9.17) is 0 Å². The molecule has 124 valence electrons. The second-order valence-corrected chi connectivity index (χ2v) is 7.44. The Balaban J connectivity index is 1.97. The molecule has 0 saturated heterocycles. The zero-order chi connectivity index (χ0) is 17.1. The van der Waals surface area contributed by atoms with Gasteiger partial charge in [-0.2, -0.15) is 5.10 Å². The van der Waals surface area contributed by atoms with Gasteiger partial charge >= 0.3 is 0 Å². The second-order valence-electron chi connectivity index (χ2n) is 7.44. The van der Waals surface area contributed by atoms with Crippen LogP contribution in [0.15, 0.2) is 36.0 Å². The zero-order valence-corrected chi connectivity index (χ0v) is 14.0. The fourth-order valence-corrected chi connectivity index (χ4v) is 4.05. The van der Waals surface area contributed by atoms with E-state index in [1.54, 1.807) is 12.1 Å². The number of benzene rings is 1. The van der Waals surface area contributed by atoms with Gasteiger partial charge in [0.25, 0.3) is 0 Å². The standard InChI is InChI=1S/C19H20FN3O/c1-10-15-16(11-6-4-5-7-12(11)20)17-13(21-18(15)23-22-10)8-19(2,3)9-14(17)24/h4-8,16-17H,9H2,1-3H3,(H2,21,22,23). The van der Waals surface area contributed by atoms with E-state index < -0.39 is 5.92 Å². The maximum atomic E-state index is 14.6. The summed E-state index contributed by atoms with van der Waals surface area (Å²) < 4.78 is 14.6. The Morgan fingerprint density at radius 2 is 2.00 bits per heavy atom. The molecule has 2 unspecified atom stereocenters. The van der Waals surface area contributed by atoms with Crippen molar-refractivity contribution in [3.8, 4) is 0 Å². The molecule has 4 rings (SSSR count). The summed E-state index contributed by atoms with van der Waals surface area (Å²) in [6, 6.07) is 6.71. The lowest BCUT2D eigenvalue weighted by molar-refractivity contribution is -0.124. The molecular weight excluding hydrogens is 305 g/mol. The molecule has 24 heavy (non-hydrogen) atoms. The summed E-state index contributed by atoms with van der Waals surface area (Å²) in [6.45, 7) is 5.99. The van der Waals surface area contributed by atoms with Crippen LogP contribution < -0.4 is 5.32 Å². The normalized spacial score (nSPS) is 24.7. The van der Waals surface area contributed by atoms with E-state index in [-0.39, 0.29) is 22.9 Å². The number of Topliss-reactive ketones (excluding diaryl/α,β-unsaturated/α-hetero) is 1. The van der Waals surface area contributed by atoms with Crippen LogP contribution in [0.2, 0.25) is 0 Å². The highest BCUT2D eigenvalue weighted by molar-refractivity contribution is 5.90. The summed E-state index contributed by atoms with van der Waals surface area (Å²) in [5.74, 6) is -0.194. The number of allylic oxidation sites excluding steroid dienone is 2. The number of ketones is 1. The number of nitrogens with one attached hydrogen (secondary N) is 2. The van der Waals surface area contributed by atoms with Crippen LogP contribution in [0.1, 0.15) is 43.0 Å². The van der Waals surface area contributed by atoms with E-state index in [1.807, 2.05) is 26.8 Å². The van der Waals surface area contributed by atoms with Crippen LogP contribution >= 0.6 is 0 Å². The number of nitrogens with zero attached hydrogens (tertiary/aromatic N) is 1. The first-order valence-corrected chi connectivity index (χ1v) is 8.19. The minimum Gasteiger partial charge on any atom is -0.342 e. The molecule has 0 amide bonds. The monoisotopic (exact) mass is 325 g/mol. The van der Waals surface area contributed by atoms with Crippen LogP contribution in [0.3, 0.4) is 0 Å². The lowest BCUT2D eigenvalue weighted by Gasteiger charge is -2.40. The predicted molar refractivity (Wildman–Crippen MR) is 90.2 cm³/mol. The molecule has 2 aliphatic rings. The van der Waals surface area contributed by atoms with Gasteiger partial charge in [-0.25, -0.2) is 4.39 Å². The van der Waals surface area contributed by atoms with Crippen molar-refractivity contribution in [2.45, 2.75) is 33.1 Å². The zero-order valence-electron chi connectivity index (χ0n) is 14.0. The molecule has 1 aromatic carbocycles. The Hall–Kier alpha value is -2.43. The molecule has 2 aromatic rings. The van der Waals surface area contributed by atoms with Crippen molar-refractivity contribution in [1.29, 1.82) is 0 Å². The fraction of sp³-hybridized carbons (Fsp3) is 0.368. The number of rotatable bonds is 1. The Morgan fingerprint density at radius 1 is 1.25 bits per heavy atom. The molecule has 1 aromatic heterocycles. The minimum atomic E-state index is -0.390. The molecule has 2 N–H and O–H groups in total. The molecule has 1 aliphatic heterocycles. The number of halogens is 1. The third kappa shape index (κ3) is 2.19. The number of aromatic nitrogens is 2. The minimum absolute atomic E-state index is 0.143. The van der Waals surface area contributed by atoms with Crippen LogP contribution in [0.4, 0.5) is 10.2 Å². The van der Waals surface area contributed by atoms with E-state index in [2.05, 4.69) is 21.6 Å². The third-order valence-electron chi connectivity index (χ3n) is 5.00. The Morgan fingerprint density at radius 3 is 2.75 bits per heavy atom. The van der Waals surface area contributed by atoms with Crippen molar-refractivity contribution in [3.05, 3.63) is 58.7 Å². The molecular formula is C19H20FN3O. The smallest absolute Gasteiger partial charge is 0.156 e. The molecule has 0 spiro atoms. The summed E-state index contributed by atoms with van der Waals surface area (Å²) in [6.07, 6.45) is 2.56. The van der Waals surface area contributed by atoms with Gasteiger partial charge in [-0.15, -0.1) is 0 Å². The van der Waals surface area contributed by atoms with Gasteiger partial charge in [0, 0.05) is 29.3 Å². The fourth-order valence-electron chi connectivity index (χ4n) is 4.05. The number of hydrogen-bond acceptors (Lipinski definition) is 3. The van der Waals surface area contributed by atoms with Crippen LogP contribution in [0, 0.1) is 24.1 Å². The van der Waals surface area contributed by atoms with Gasteiger partial charge in [0.15, 0.2) is 5.82 Å². The summed E-state index contributed by atoms with van der Waals surface area (Å²) in [5, 5.41) is 10.6. The van der Waals surface area contributed by atoms with E-state index in [9.17, 15) is 9.18 Å². The number of anilines is 1. The summed E-state index contributed by atoms with van der Waals surface area (Å²) in [7, 11) is 0. The van der Waals surface area contributed by atoms with Crippen molar-refractivity contribution in [2.75, 3.05) is 5.32 Å². The molecule has 5 heteroatoms. The Kier molecular flexibility index (Phi) is 3.17. The van der Waals surface area contributed by atoms with E-state index in [0.717, 1.165) is 17.0 Å². The van der Waals surface area contributed by atoms with Gasteiger partial charge in [-0.3, -0.25) is 9.89 Å². The van der Waals surface area contributed by atoms with Crippen LogP contribution in [0.5, 0.6) is 0 Å². The molecule has 0 fully saturated rings. The highest BCUT2D eigenvalue weighted by atomic mass is 19.1. The number of aryl methyl sites for hydroxylation is 1. The first-order chi connectivity index (χ1) is 11.4. The van der Waals surface area contributed by atoms with E-state index >= 15 is 0 Å². The molecule has 0 radical (unpaired) electrons. The maximum absolute atomic E-state index is 14.6. The highest BCUT2D eigenvalue weighted by Crippen LogP contribution is 2.49. The van der Waals surface area contributed by atoms with Gasteiger partial charge < -0.3 is 5.32 Å². The quantitative estimate of drug-likeness (QED) is 0.835. The number of carbonyl (C=O) groups is 1. The van der Waals surface area contributed by atoms with Gasteiger partial charge in [0.1, 0.15) is 11.6 Å². The van der Waals surface area contributed by atoms with Gasteiger partial charge in [0.2, 0.25) is 0 Å². The largest absolute Gasteiger partial charge is 0.342 e. The van der Waals surface area contributed by atoms with Crippen LogP contribution in [-0.2, 0) is 4.79 Å². The number of hydrogen-bond donors (Lipinski definition) is 2. The molecule has 0 saturated carbocycles. The lowest BCUT2D eigenvalue weighted by atomic mass is 9.67. The Labute approximate surface area is 140 Å². The van der Waals surface area contributed by atoms with E-state index in [1.165, 1.54) is 6.07 Å². The Bertz CT molecular complexity index is 865. The van der Waals surface area contributed by atoms with Crippen molar-refractivity contribution in [2.24, 2.45) is 11.3 Å². The average molecular weight is 325 g/mol. The SMILES string of the molecule is Cc1[nH]nc2c1C(c1ccccc1F)C1C(=O)CC(C)(C)C=C1N2. The molecule has 2 heterocycles. The topological polar surface area (TPSA) is 57.8 Å². The summed E-state index contributed by atoms with van der Waals surface area (Å²) >= 11 is 0. The molecule has 4 nitrogen and oxygen atoms in total. The third-order valence-corrected chi connectivity index (χ3v) is 5.00. The molecule has 0 bridgehead atoms. The first kappa shape index (κ1) is 15.1. The van der Waals surface area contributed by atoms with Crippen molar-refractivity contribution >= 4 is 11.6 Å².